The Morgan fingerprint density at radius 1 is 1.67 bits per heavy atom. The molecule has 0 radical (unpaired) electrons. The van der Waals surface area contributed by atoms with Gasteiger partial charge in [0.1, 0.15) is 5.82 Å². The first-order valence-corrected chi connectivity index (χ1v) is 3.82. The van der Waals surface area contributed by atoms with Gasteiger partial charge >= 0.3 is 1.43 Å². The van der Waals surface area contributed by atoms with Crippen molar-refractivity contribution in [2.45, 2.75) is 13.0 Å². The maximum atomic E-state index is 5.57. The van der Waals surface area contributed by atoms with Gasteiger partial charge in [0.25, 0.3) is 0 Å². The SMILES string of the molecule is NCc1ccnc2c1CCN2.[Cl-].[H+]. The summed E-state index contributed by atoms with van der Waals surface area (Å²) in [6.45, 7) is 1.62. The molecule has 3 nitrogen and oxygen atoms in total. The third-order valence-electron chi connectivity index (χ3n) is 2.04. The van der Waals surface area contributed by atoms with Crippen LogP contribution in [0.25, 0.3) is 0 Å². The van der Waals surface area contributed by atoms with Crippen molar-refractivity contribution in [2.75, 3.05) is 11.9 Å². The van der Waals surface area contributed by atoms with E-state index in [1.54, 1.807) is 6.20 Å². The van der Waals surface area contributed by atoms with Gasteiger partial charge in [-0.25, -0.2) is 4.98 Å². The van der Waals surface area contributed by atoms with Crippen molar-refractivity contribution in [1.82, 2.24) is 4.98 Å². The van der Waals surface area contributed by atoms with E-state index < -0.39 is 0 Å². The highest BCUT2D eigenvalue weighted by molar-refractivity contribution is 5.52. The summed E-state index contributed by atoms with van der Waals surface area (Å²) in [4.78, 5) is 4.20. The van der Waals surface area contributed by atoms with Crippen LogP contribution in [-0.4, -0.2) is 11.5 Å². The monoisotopic (exact) mass is 185 g/mol. The van der Waals surface area contributed by atoms with E-state index in [0.29, 0.717) is 6.54 Å². The Kier molecular flexibility index (Phi) is 2.89. The zero-order valence-electron chi connectivity index (χ0n) is 7.68. The van der Waals surface area contributed by atoms with Gasteiger partial charge in [-0.05, 0) is 18.1 Å². The average molecular weight is 186 g/mol. The van der Waals surface area contributed by atoms with Gasteiger partial charge in [-0.15, -0.1) is 0 Å². The van der Waals surface area contributed by atoms with Crippen LogP contribution in [0.5, 0.6) is 0 Å². The Bertz CT molecular complexity index is 280. The minimum absolute atomic E-state index is 0. The highest BCUT2D eigenvalue weighted by Gasteiger charge is 2.13. The summed E-state index contributed by atoms with van der Waals surface area (Å²) in [7, 11) is 0. The second-order valence-electron chi connectivity index (χ2n) is 2.68. The summed E-state index contributed by atoms with van der Waals surface area (Å²) in [5.74, 6) is 1.02. The molecule has 1 aromatic rings. The van der Waals surface area contributed by atoms with E-state index in [0.717, 1.165) is 18.8 Å². The molecule has 0 fully saturated rings. The van der Waals surface area contributed by atoms with Crippen LogP contribution < -0.4 is 23.5 Å². The van der Waals surface area contributed by atoms with E-state index in [1.165, 1.54) is 11.1 Å². The van der Waals surface area contributed by atoms with Gasteiger partial charge in [-0.1, -0.05) is 0 Å². The Hall–Kier alpha value is -0.800. The van der Waals surface area contributed by atoms with E-state index in [-0.39, 0.29) is 13.8 Å². The molecule has 0 saturated carbocycles. The van der Waals surface area contributed by atoms with Crippen LogP contribution in [0.4, 0.5) is 5.82 Å². The molecule has 3 N–H and O–H groups in total. The summed E-state index contributed by atoms with van der Waals surface area (Å²) >= 11 is 0. The zero-order valence-corrected chi connectivity index (χ0v) is 7.43. The number of hydrogen-bond donors (Lipinski definition) is 2. The molecule has 0 atom stereocenters. The third-order valence-corrected chi connectivity index (χ3v) is 2.04. The normalized spacial score (nSPS) is 13.1. The van der Waals surface area contributed by atoms with Gasteiger partial charge in [-0.3, -0.25) is 0 Å². The predicted molar refractivity (Wildman–Crippen MR) is 45.4 cm³/mol. The molecule has 1 aliphatic heterocycles. The van der Waals surface area contributed by atoms with Crippen LogP contribution in [0.2, 0.25) is 0 Å². The van der Waals surface area contributed by atoms with E-state index >= 15 is 0 Å². The van der Waals surface area contributed by atoms with Crippen LogP contribution >= 0.6 is 0 Å². The molecule has 1 aromatic heterocycles. The van der Waals surface area contributed by atoms with Crippen molar-refractivity contribution in [3.05, 3.63) is 23.4 Å². The summed E-state index contributed by atoms with van der Waals surface area (Å²) in [6.07, 6.45) is 2.87. The fraction of sp³-hybridized carbons (Fsp3) is 0.375. The summed E-state index contributed by atoms with van der Waals surface area (Å²) in [5.41, 5.74) is 8.09. The van der Waals surface area contributed by atoms with E-state index in [4.69, 9.17) is 5.73 Å². The fourth-order valence-corrected chi connectivity index (χ4v) is 1.46. The Morgan fingerprint density at radius 3 is 3.25 bits per heavy atom. The fourth-order valence-electron chi connectivity index (χ4n) is 1.46. The molecular formula is C8H12ClN3. The minimum Gasteiger partial charge on any atom is -1.00 e. The summed E-state index contributed by atoms with van der Waals surface area (Å²) in [6, 6.07) is 1.99. The van der Waals surface area contributed by atoms with Crippen molar-refractivity contribution >= 4 is 5.82 Å². The number of aromatic nitrogens is 1. The molecule has 2 rings (SSSR count). The van der Waals surface area contributed by atoms with Crippen LogP contribution in [-0.2, 0) is 13.0 Å². The van der Waals surface area contributed by atoms with Gasteiger partial charge < -0.3 is 23.5 Å². The number of hydrogen-bond acceptors (Lipinski definition) is 3. The number of anilines is 1. The second-order valence-corrected chi connectivity index (χ2v) is 2.68. The highest BCUT2D eigenvalue weighted by Crippen LogP contribution is 2.21. The van der Waals surface area contributed by atoms with Crippen LogP contribution in [0.3, 0.4) is 0 Å². The maximum Gasteiger partial charge on any atom is 1.00 e. The number of halogens is 1. The number of fused-ring (bicyclic) bond motifs is 1. The van der Waals surface area contributed by atoms with Crippen molar-refractivity contribution in [1.29, 1.82) is 0 Å². The van der Waals surface area contributed by atoms with Gasteiger partial charge in [0, 0.05) is 24.8 Å². The molecule has 2 heterocycles. The van der Waals surface area contributed by atoms with Gasteiger partial charge in [0.2, 0.25) is 0 Å². The first kappa shape index (κ1) is 9.29. The number of nitrogens with one attached hydrogen (secondary N) is 1. The van der Waals surface area contributed by atoms with Crippen LogP contribution in [0.15, 0.2) is 12.3 Å². The molecule has 66 valence electrons. The lowest BCUT2D eigenvalue weighted by Crippen LogP contribution is -3.00. The molecule has 0 amide bonds. The Balaban J connectivity index is 0.000000720. The lowest BCUT2D eigenvalue weighted by Gasteiger charge is -2.02. The third kappa shape index (κ3) is 1.38. The molecule has 0 spiro atoms. The second kappa shape index (κ2) is 3.74. The molecule has 0 bridgehead atoms. The molecule has 0 unspecified atom stereocenters. The van der Waals surface area contributed by atoms with Gasteiger partial charge in [0.15, 0.2) is 0 Å². The molecule has 0 aliphatic carbocycles. The van der Waals surface area contributed by atoms with Gasteiger partial charge in [-0.2, -0.15) is 0 Å². The number of nitrogens with zero attached hydrogens (tertiary/aromatic N) is 1. The minimum atomic E-state index is 0. The largest absolute Gasteiger partial charge is 1.00 e. The van der Waals surface area contributed by atoms with Crippen molar-refractivity contribution in [3.63, 3.8) is 0 Å². The number of nitrogens with two attached hydrogens (primary N) is 1. The van der Waals surface area contributed by atoms with Crippen molar-refractivity contribution in [2.24, 2.45) is 5.73 Å². The van der Waals surface area contributed by atoms with E-state index in [2.05, 4.69) is 10.3 Å². The molecule has 0 saturated heterocycles. The van der Waals surface area contributed by atoms with Crippen LogP contribution in [0.1, 0.15) is 12.6 Å². The summed E-state index contributed by atoms with van der Waals surface area (Å²) in [5, 5.41) is 3.21. The Morgan fingerprint density at radius 2 is 2.50 bits per heavy atom. The van der Waals surface area contributed by atoms with E-state index in [9.17, 15) is 0 Å². The lowest BCUT2D eigenvalue weighted by molar-refractivity contribution is -0.00000237. The molecular weight excluding hydrogens is 174 g/mol. The number of pyridine rings is 1. The Labute approximate surface area is 79.3 Å². The van der Waals surface area contributed by atoms with Crippen molar-refractivity contribution < 1.29 is 13.8 Å². The quantitative estimate of drug-likeness (QED) is 0.514. The highest BCUT2D eigenvalue weighted by atomic mass is 35.5. The van der Waals surface area contributed by atoms with Crippen molar-refractivity contribution in [3.8, 4) is 0 Å². The smallest absolute Gasteiger partial charge is 1.00 e. The molecule has 0 aromatic carbocycles. The van der Waals surface area contributed by atoms with Gasteiger partial charge in [0.05, 0.1) is 0 Å². The first-order valence-electron chi connectivity index (χ1n) is 3.82. The van der Waals surface area contributed by atoms with Crippen LogP contribution in [0, 0.1) is 0 Å². The standard InChI is InChI=1S/C8H11N3.ClH/c9-5-6-1-3-10-8-7(6)2-4-11-8;/h1,3H,2,4-5,9H2,(H,10,11);1H. The predicted octanol–water partition coefficient (Wildman–Crippen LogP) is -2.38. The first-order chi connectivity index (χ1) is 5.42. The zero-order chi connectivity index (χ0) is 7.68. The molecule has 12 heavy (non-hydrogen) atoms. The topological polar surface area (TPSA) is 50.9 Å². The molecule has 4 heteroatoms. The maximum absolute atomic E-state index is 5.57. The average Bonchev–Trinajstić information content (AvgIpc) is 2.50. The van der Waals surface area contributed by atoms with E-state index in [1.807, 2.05) is 6.07 Å². The lowest BCUT2D eigenvalue weighted by atomic mass is 10.1. The summed E-state index contributed by atoms with van der Waals surface area (Å²) < 4.78 is 0. The number of rotatable bonds is 1. The molecule has 1 aliphatic rings.